The summed E-state index contributed by atoms with van der Waals surface area (Å²) in [7, 11) is 0. The van der Waals surface area contributed by atoms with Crippen LogP contribution in [-0.2, 0) is 19.1 Å². The third-order valence-corrected chi connectivity index (χ3v) is 4.43. The molecule has 0 spiro atoms. The lowest BCUT2D eigenvalue weighted by Gasteiger charge is -2.40. The molecule has 1 fully saturated rings. The number of carboxylic acids is 2. The smallest absolute Gasteiger partial charge is 0.333 e. The lowest BCUT2D eigenvalue weighted by molar-refractivity contribution is -0.171. The minimum Gasteiger partial charge on any atom is -0.481 e. The van der Waals surface area contributed by atoms with E-state index in [1.807, 2.05) is 0 Å². The summed E-state index contributed by atoms with van der Waals surface area (Å²) < 4.78 is 5.27. The number of hydrogen-bond donors (Lipinski definition) is 2. The van der Waals surface area contributed by atoms with E-state index in [0.29, 0.717) is 32.1 Å². The highest BCUT2D eigenvalue weighted by atomic mass is 16.5. The molecule has 1 saturated carbocycles. The van der Waals surface area contributed by atoms with Crippen molar-refractivity contribution >= 4 is 17.9 Å². The molecule has 0 bridgehead atoms. The van der Waals surface area contributed by atoms with Crippen LogP contribution in [0.1, 0.15) is 52.4 Å². The van der Waals surface area contributed by atoms with E-state index in [-0.39, 0.29) is 12.0 Å². The number of rotatable bonds is 7. The van der Waals surface area contributed by atoms with Crippen molar-refractivity contribution in [1.82, 2.24) is 0 Å². The van der Waals surface area contributed by atoms with Gasteiger partial charge in [0.2, 0.25) is 0 Å². The Morgan fingerprint density at radius 1 is 1.32 bits per heavy atom. The first-order chi connectivity index (χ1) is 10.2. The Bertz CT molecular complexity index is 469. The lowest BCUT2D eigenvalue weighted by atomic mass is 9.63. The molecule has 0 heterocycles. The zero-order valence-electron chi connectivity index (χ0n) is 13.1. The third-order valence-electron chi connectivity index (χ3n) is 4.43. The zero-order valence-corrected chi connectivity index (χ0v) is 13.1. The molecule has 0 saturated heterocycles. The second-order valence-electron chi connectivity index (χ2n) is 6.02. The summed E-state index contributed by atoms with van der Waals surface area (Å²) >= 11 is 0. The van der Waals surface area contributed by atoms with Gasteiger partial charge < -0.3 is 14.9 Å². The second kappa shape index (κ2) is 7.42. The highest BCUT2D eigenvalue weighted by Gasteiger charge is 2.52. The summed E-state index contributed by atoms with van der Waals surface area (Å²) in [4.78, 5) is 35.0. The SMILES string of the molecule is C=C(C)C(=O)OC(CC)CC1(C(=O)O)CCCCC1C(=O)O. The van der Waals surface area contributed by atoms with Gasteiger partial charge in [-0.05, 0) is 26.2 Å². The van der Waals surface area contributed by atoms with Gasteiger partial charge in [-0.15, -0.1) is 0 Å². The molecule has 6 heteroatoms. The molecule has 1 aliphatic rings. The van der Waals surface area contributed by atoms with Gasteiger partial charge in [-0.1, -0.05) is 26.3 Å². The Morgan fingerprint density at radius 2 is 1.95 bits per heavy atom. The van der Waals surface area contributed by atoms with E-state index in [1.54, 1.807) is 6.92 Å². The average molecular weight is 312 g/mol. The molecule has 22 heavy (non-hydrogen) atoms. The predicted molar refractivity (Wildman–Crippen MR) is 79.3 cm³/mol. The van der Waals surface area contributed by atoms with E-state index in [2.05, 4.69) is 6.58 Å². The van der Waals surface area contributed by atoms with Crippen LogP contribution in [-0.4, -0.2) is 34.2 Å². The minimum absolute atomic E-state index is 0.0226. The fourth-order valence-electron chi connectivity index (χ4n) is 3.11. The van der Waals surface area contributed by atoms with E-state index < -0.39 is 35.3 Å². The van der Waals surface area contributed by atoms with Gasteiger partial charge in [0.15, 0.2) is 0 Å². The van der Waals surface area contributed by atoms with E-state index in [1.165, 1.54) is 6.92 Å². The summed E-state index contributed by atoms with van der Waals surface area (Å²) in [5.74, 6) is -3.74. The molecule has 0 aromatic carbocycles. The molecule has 0 amide bonds. The maximum atomic E-state index is 11.8. The molecule has 0 aromatic heterocycles. The first-order valence-corrected chi connectivity index (χ1v) is 7.57. The van der Waals surface area contributed by atoms with Gasteiger partial charge in [0, 0.05) is 12.0 Å². The van der Waals surface area contributed by atoms with Gasteiger partial charge in [0.1, 0.15) is 6.10 Å². The molecule has 3 unspecified atom stereocenters. The van der Waals surface area contributed by atoms with Gasteiger partial charge in [-0.3, -0.25) is 9.59 Å². The molecular weight excluding hydrogens is 288 g/mol. The van der Waals surface area contributed by atoms with Gasteiger partial charge in [-0.2, -0.15) is 0 Å². The first kappa shape index (κ1) is 18.2. The standard InChI is InChI=1S/C16H24O6/c1-4-11(22-14(19)10(2)3)9-16(15(20)21)8-6-5-7-12(16)13(17)18/h11-12H,2,4-9H2,1,3H3,(H,17,18)(H,20,21). The Hall–Kier alpha value is -1.85. The molecule has 2 N–H and O–H groups in total. The van der Waals surface area contributed by atoms with Crippen molar-refractivity contribution < 1.29 is 29.3 Å². The topological polar surface area (TPSA) is 101 Å². The van der Waals surface area contributed by atoms with Crippen LogP contribution in [0.15, 0.2) is 12.2 Å². The Labute approximate surface area is 130 Å². The Kier molecular flexibility index (Phi) is 6.14. The number of hydrogen-bond acceptors (Lipinski definition) is 4. The molecule has 6 nitrogen and oxygen atoms in total. The molecule has 1 aliphatic carbocycles. The van der Waals surface area contributed by atoms with Crippen LogP contribution >= 0.6 is 0 Å². The summed E-state index contributed by atoms with van der Waals surface area (Å²) in [6, 6.07) is 0. The van der Waals surface area contributed by atoms with Crippen molar-refractivity contribution in [1.29, 1.82) is 0 Å². The van der Waals surface area contributed by atoms with E-state index in [9.17, 15) is 24.6 Å². The maximum Gasteiger partial charge on any atom is 0.333 e. The molecule has 0 radical (unpaired) electrons. The van der Waals surface area contributed by atoms with Crippen molar-refractivity contribution in [3.05, 3.63) is 12.2 Å². The van der Waals surface area contributed by atoms with Crippen LogP contribution in [0.5, 0.6) is 0 Å². The van der Waals surface area contributed by atoms with Crippen LogP contribution in [0.25, 0.3) is 0 Å². The van der Waals surface area contributed by atoms with Crippen molar-refractivity contribution in [2.24, 2.45) is 11.3 Å². The van der Waals surface area contributed by atoms with Crippen LogP contribution in [0.2, 0.25) is 0 Å². The highest BCUT2D eigenvalue weighted by Crippen LogP contribution is 2.46. The van der Waals surface area contributed by atoms with Crippen molar-refractivity contribution in [2.45, 2.75) is 58.5 Å². The van der Waals surface area contributed by atoms with Crippen LogP contribution in [0.4, 0.5) is 0 Å². The normalized spacial score (nSPS) is 26.0. The Morgan fingerprint density at radius 3 is 2.41 bits per heavy atom. The van der Waals surface area contributed by atoms with Crippen LogP contribution in [0, 0.1) is 11.3 Å². The largest absolute Gasteiger partial charge is 0.481 e. The number of aliphatic carboxylic acids is 2. The van der Waals surface area contributed by atoms with Crippen LogP contribution in [0.3, 0.4) is 0 Å². The summed E-state index contributed by atoms with van der Waals surface area (Å²) in [6.07, 6.45) is 1.83. The number of carboxylic acid groups (broad SMARTS) is 2. The summed E-state index contributed by atoms with van der Waals surface area (Å²) in [5, 5.41) is 19.1. The Balaban J connectivity index is 3.02. The molecule has 1 rings (SSSR count). The predicted octanol–water partition coefficient (Wildman–Crippen LogP) is 2.62. The first-order valence-electron chi connectivity index (χ1n) is 7.57. The summed E-state index contributed by atoms with van der Waals surface area (Å²) in [6.45, 7) is 6.80. The quantitative estimate of drug-likeness (QED) is 0.553. The highest BCUT2D eigenvalue weighted by molar-refractivity contribution is 5.87. The van der Waals surface area contributed by atoms with Gasteiger partial charge >= 0.3 is 17.9 Å². The number of esters is 1. The minimum atomic E-state index is -1.37. The molecule has 124 valence electrons. The number of carbonyl (C=O) groups is 3. The van der Waals surface area contributed by atoms with Crippen molar-refractivity contribution in [3.8, 4) is 0 Å². The van der Waals surface area contributed by atoms with Gasteiger partial charge in [0.05, 0.1) is 11.3 Å². The summed E-state index contributed by atoms with van der Waals surface area (Å²) in [5.41, 5.74) is -1.14. The second-order valence-corrected chi connectivity index (χ2v) is 6.02. The van der Waals surface area contributed by atoms with Crippen molar-refractivity contribution in [3.63, 3.8) is 0 Å². The fraction of sp³-hybridized carbons (Fsp3) is 0.688. The van der Waals surface area contributed by atoms with E-state index in [4.69, 9.17) is 4.74 Å². The third kappa shape index (κ3) is 3.87. The number of ether oxygens (including phenoxy) is 1. The average Bonchev–Trinajstić information content (AvgIpc) is 2.46. The van der Waals surface area contributed by atoms with E-state index >= 15 is 0 Å². The van der Waals surface area contributed by atoms with Crippen molar-refractivity contribution in [2.75, 3.05) is 0 Å². The monoisotopic (exact) mass is 312 g/mol. The molecule has 0 aliphatic heterocycles. The maximum absolute atomic E-state index is 11.8. The van der Waals surface area contributed by atoms with Gasteiger partial charge in [0.25, 0.3) is 0 Å². The molecule has 3 atom stereocenters. The van der Waals surface area contributed by atoms with E-state index in [0.717, 1.165) is 0 Å². The fourth-order valence-corrected chi connectivity index (χ4v) is 3.11. The van der Waals surface area contributed by atoms with Crippen LogP contribution < -0.4 is 0 Å². The van der Waals surface area contributed by atoms with Gasteiger partial charge in [-0.25, -0.2) is 4.79 Å². The molecular formula is C16H24O6. The number of carbonyl (C=O) groups excluding carboxylic acids is 1. The zero-order chi connectivity index (χ0) is 16.9. The lowest BCUT2D eigenvalue weighted by Crippen LogP contribution is -2.47. The molecule has 0 aromatic rings.